The quantitative estimate of drug-likeness (QED) is 0.590. The van der Waals surface area contributed by atoms with Gasteiger partial charge < -0.3 is 0 Å². The van der Waals surface area contributed by atoms with E-state index in [1.807, 2.05) is 54.6 Å². The van der Waals surface area contributed by atoms with E-state index in [2.05, 4.69) is 36.4 Å². The largest absolute Gasteiger partial charge is 0.268 e. The molecule has 1 unspecified atom stereocenters. The zero-order chi connectivity index (χ0) is 17.3. The molecule has 24 heavy (non-hydrogen) atoms. The van der Waals surface area contributed by atoms with Gasteiger partial charge in [0.15, 0.2) is 0 Å². The molecule has 3 aromatic rings. The lowest BCUT2D eigenvalue weighted by Crippen LogP contribution is -2.26. The Morgan fingerprint density at radius 2 is 1.79 bits per heavy atom. The van der Waals surface area contributed by atoms with Crippen molar-refractivity contribution in [3.05, 3.63) is 81.8 Å². The number of allylic oxidation sites excluding steroid dienone is 1. The van der Waals surface area contributed by atoms with E-state index in [0.29, 0.717) is 5.39 Å². The van der Waals surface area contributed by atoms with E-state index >= 15 is 0 Å². The van der Waals surface area contributed by atoms with Crippen LogP contribution in [0.15, 0.2) is 70.5 Å². The van der Waals surface area contributed by atoms with Crippen molar-refractivity contribution in [3.63, 3.8) is 0 Å². The number of benzene rings is 2. The predicted molar refractivity (Wildman–Crippen MR) is 103 cm³/mol. The number of halogens is 1. The Morgan fingerprint density at radius 3 is 2.50 bits per heavy atom. The Bertz CT molecular complexity index is 961. The third-order valence-electron chi connectivity index (χ3n) is 4.46. The van der Waals surface area contributed by atoms with Crippen molar-refractivity contribution in [1.29, 1.82) is 0 Å². The van der Waals surface area contributed by atoms with Crippen LogP contribution in [0.3, 0.4) is 0 Å². The first kappa shape index (κ1) is 16.7. The highest BCUT2D eigenvalue weighted by atomic mass is 79.9. The molecule has 0 saturated heterocycles. The molecule has 0 fully saturated rings. The summed E-state index contributed by atoms with van der Waals surface area (Å²) in [6.45, 7) is 8.05. The standard InChI is InChI=1S/C20H19BrN2O/c1-4-13(2)14(3)19-22-17-11-7-5-9-15(17)20(24)23(19)18-12-8-6-10-16(18)21/h4-14H,1H2,2-3H3/t13-,14?/m0/s1. The summed E-state index contributed by atoms with van der Waals surface area (Å²) >= 11 is 3.56. The van der Waals surface area contributed by atoms with Crippen molar-refractivity contribution in [3.8, 4) is 5.69 Å². The number of fused-ring (bicyclic) bond motifs is 1. The maximum Gasteiger partial charge on any atom is 0.266 e. The predicted octanol–water partition coefficient (Wildman–Crippen LogP) is 5.07. The van der Waals surface area contributed by atoms with Crippen LogP contribution in [-0.2, 0) is 0 Å². The van der Waals surface area contributed by atoms with Crippen LogP contribution in [0.5, 0.6) is 0 Å². The van der Waals surface area contributed by atoms with E-state index in [0.717, 1.165) is 21.5 Å². The van der Waals surface area contributed by atoms with Crippen LogP contribution >= 0.6 is 15.9 Å². The van der Waals surface area contributed by atoms with Gasteiger partial charge >= 0.3 is 0 Å². The molecule has 1 heterocycles. The summed E-state index contributed by atoms with van der Waals surface area (Å²) in [6, 6.07) is 15.2. The van der Waals surface area contributed by atoms with E-state index in [1.165, 1.54) is 0 Å². The smallest absolute Gasteiger partial charge is 0.266 e. The Morgan fingerprint density at radius 1 is 1.12 bits per heavy atom. The van der Waals surface area contributed by atoms with Crippen LogP contribution < -0.4 is 5.56 Å². The minimum Gasteiger partial charge on any atom is -0.268 e. The lowest BCUT2D eigenvalue weighted by atomic mass is 9.94. The highest BCUT2D eigenvalue weighted by Gasteiger charge is 2.21. The minimum absolute atomic E-state index is 0.0504. The topological polar surface area (TPSA) is 34.9 Å². The monoisotopic (exact) mass is 382 g/mol. The van der Waals surface area contributed by atoms with Crippen molar-refractivity contribution in [2.75, 3.05) is 0 Å². The zero-order valence-corrected chi connectivity index (χ0v) is 15.3. The van der Waals surface area contributed by atoms with Gasteiger partial charge in [-0.25, -0.2) is 4.98 Å². The van der Waals surface area contributed by atoms with Crippen molar-refractivity contribution in [2.24, 2.45) is 5.92 Å². The van der Waals surface area contributed by atoms with Gasteiger partial charge in [0.25, 0.3) is 5.56 Å². The fraction of sp³-hybridized carbons (Fsp3) is 0.200. The summed E-state index contributed by atoms with van der Waals surface area (Å²) in [6.07, 6.45) is 1.90. The van der Waals surface area contributed by atoms with Crippen LogP contribution in [0.4, 0.5) is 0 Å². The average Bonchev–Trinajstić information content (AvgIpc) is 2.61. The molecule has 0 spiro atoms. The van der Waals surface area contributed by atoms with Gasteiger partial charge in [0.1, 0.15) is 5.82 Å². The maximum atomic E-state index is 13.2. The highest BCUT2D eigenvalue weighted by Crippen LogP contribution is 2.28. The SMILES string of the molecule is C=C[C@H](C)C(C)c1nc2ccccc2c(=O)n1-c1ccccc1Br. The average molecular weight is 383 g/mol. The van der Waals surface area contributed by atoms with Crippen molar-refractivity contribution in [2.45, 2.75) is 19.8 Å². The molecule has 0 radical (unpaired) electrons. The molecule has 0 bridgehead atoms. The molecular formula is C20H19BrN2O. The summed E-state index contributed by atoms with van der Waals surface area (Å²) in [5, 5.41) is 0.621. The maximum absolute atomic E-state index is 13.2. The Balaban J connectivity index is 2.41. The van der Waals surface area contributed by atoms with Crippen LogP contribution in [-0.4, -0.2) is 9.55 Å². The summed E-state index contributed by atoms with van der Waals surface area (Å²) < 4.78 is 2.58. The molecule has 0 aliphatic heterocycles. The molecule has 0 N–H and O–H groups in total. The van der Waals surface area contributed by atoms with Gasteiger partial charge in [0.2, 0.25) is 0 Å². The van der Waals surface area contributed by atoms with Gasteiger partial charge in [-0.05, 0) is 46.1 Å². The van der Waals surface area contributed by atoms with E-state index in [-0.39, 0.29) is 17.4 Å². The number of rotatable bonds is 4. The summed E-state index contributed by atoms with van der Waals surface area (Å²) in [4.78, 5) is 18.0. The molecule has 0 aliphatic carbocycles. The fourth-order valence-corrected chi connectivity index (χ4v) is 3.22. The first-order valence-electron chi connectivity index (χ1n) is 7.93. The normalized spacial score (nSPS) is 13.6. The van der Waals surface area contributed by atoms with Gasteiger partial charge in [-0.15, -0.1) is 6.58 Å². The van der Waals surface area contributed by atoms with E-state index in [4.69, 9.17) is 4.98 Å². The molecule has 0 amide bonds. The number of hydrogen-bond acceptors (Lipinski definition) is 2. The lowest BCUT2D eigenvalue weighted by Gasteiger charge is -2.22. The molecule has 2 aromatic carbocycles. The summed E-state index contributed by atoms with van der Waals surface area (Å²) in [5.74, 6) is 1.01. The molecule has 1 aromatic heterocycles. The summed E-state index contributed by atoms with van der Waals surface area (Å²) in [5.41, 5.74) is 1.48. The molecule has 3 nitrogen and oxygen atoms in total. The second kappa shape index (κ2) is 6.73. The second-order valence-corrected chi connectivity index (χ2v) is 6.82. The molecule has 0 saturated carbocycles. The zero-order valence-electron chi connectivity index (χ0n) is 13.7. The van der Waals surface area contributed by atoms with E-state index in [9.17, 15) is 4.79 Å². The molecule has 3 rings (SSSR count). The number of nitrogens with zero attached hydrogens (tertiary/aromatic N) is 2. The fourth-order valence-electron chi connectivity index (χ4n) is 2.76. The van der Waals surface area contributed by atoms with Gasteiger partial charge in [-0.1, -0.05) is 44.2 Å². The van der Waals surface area contributed by atoms with Crippen molar-refractivity contribution in [1.82, 2.24) is 9.55 Å². The van der Waals surface area contributed by atoms with Crippen LogP contribution in [0, 0.1) is 5.92 Å². The highest BCUT2D eigenvalue weighted by molar-refractivity contribution is 9.10. The van der Waals surface area contributed by atoms with Gasteiger partial charge in [0, 0.05) is 10.4 Å². The molecule has 0 aliphatic rings. The van der Waals surface area contributed by atoms with Crippen molar-refractivity contribution < 1.29 is 0 Å². The minimum atomic E-state index is -0.0504. The van der Waals surface area contributed by atoms with Crippen LogP contribution in [0.25, 0.3) is 16.6 Å². The van der Waals surface area contributed by atoms with E-state index < -0.39 is 0 Å². The first-order valence-corrected chi connectivity index (χ1v) is 8.73. The van der Waals surface area contributed by atoms with E-state index in [1.54, 1.807) is 4.57 Å². The van der Waals surface area contributed by atoms with Gasteiger partial charge in [-0.3, -0.25) is 9.36 Å². The van der Waals surface area contributed by atoms with Crippen molar-refractivity contribution >= 4 is 26.8 Å². The number of hydrogen-bond donors (Lipinski definition) is 0. The van der Waals surface area contributed by atoms with Gasteiger partial charge in [-0.2, -0.15) is 0 Å². The number of para-hydroxylation sites is 2. The third-order valence-corrected chi connectivity index (χ3v) is 5.13. The van der Waals surface area contributed by atoms with Crippen LogP contribution in [0.2, 0.25) is 0 Å². The molecule has 4 heteroatoms. The first-order chi connectivity index (χ1) is 11.5. The third kappa shape index (κ3) is 2.82. The number of aromatic nitrogens is 2. The molecule has 2 atom stereocenters. The molecule has 122 valence electrons. The lowest BCUT2D eigenvalue weighted by molar-refractivity contribution is 0.545. The second-order valence-electron chi connectivity index (χ2n) is 5.96. The Labute approximate surface area is 149 Å². The van der Waals surface area contributed by atoms with Crippen LogP contribution in [0.1, 0.15) is 25.6 Å². The summed E-state index contributed by atoms with van der Waals surface area (Å²) in [7, 11) is 0. The Hall–Kier alpha value is -2.20. The molecular weight excluding hydrogens is 364 g/mol. The van der Waals surface area contributed by atoms with Gasteiger partial charge in [0.05, 0.1) is 16.6 Å². The Kier molecular flexibility index (Phi) is 4.67.